The molecule has 2 aromatic rings. The monoisotopic (exact) mass is 450 g/mol. The number of hydrogen-bond acceptors (Lipinski definition) is 6. The van der Waals surface area contributed by atoms with Gasteiger partial charge in [0.2, 0.25) is 10.0 Å². The Morgan fingerprint density at radius 3 is 2.58 bits per heavy atom. The Labute approximate surface area is 182 Å². The number of carbonyl (C=O) groups is 1. The van der Waals surface area contributed by atoms with Gasteiger partial charge in [0.25, 0.3) is 5.91 Å². The number of hydrogen-bond donors (Lipinski definition) is 2. The summed E-state index contributed by atoms with van der Waals surface area (Å²) in [5.74, 6) is 0.218. The zero-order chi connectivity index (χ0) is 22.6. The van der Waals surface area contributed by atoms with E-state index in [1.807, 2.05) is 32.0 Å². The van der Waals surface area contributed by atoms with E-state index in [2.05, 4.69) is 4.72 Å². The summed E-state index contributed by atoms with van der Waals surface area (Å²) in [4.78, 5) is 14.9. The molecule has 2 atom stereocenters. The normalized spacial score (nSPS) is 26.5. The van der Waals surface area contributed by atoms with Crippen LogP contribution in [0.25, 0.3) is 11.0 Å². The fraction of sp³-hybridized carbons (Fsp3) is 0.591. The minimum absolute atomic E-state index is 0.0379. The summed E-state index contributed by atoms with van der Waals surface area (Å²) < 4.78 is 38.0. The highest BCUT2D eigenvalue weighted by molar-refractivity contribution is 7.88. The molecule has 0 radical (unpaired) electrons. The number of benzene rings is 1. The lowest BCUT2D eigenvalue weighted by atomic mass is 9.78. The van der Waals surface area contributed by atoms with Crippen molar-refractivity contribution in [2.24, 2.45) is 0 Å². The molecule has 1 aromatic carbocycles. The highest BCUT2D eigenvalue weighted by Gasteiger charge is 2.49. The standard InChI is InChI=1S/C22H30N2O6S/c1-14-5-6-16-15(2)19(30-17(16)11-14)20(25)24-9-7-22(8-10-24)12-18(23-31(4,27)28)21(3,26)13-29-22/h5-6,11,18,23,26H,7-10,12-13H2,1-4H3/t18-,21-/m0/s1. The molecular weight excluding hydrogens is 420 g/mol. The second kappa shape index (κ2) is 7.58. The van der Waals surface area contributed by atoms with Gasteiger partial charge >= 0.3 is 0 Å². The average Bonchev–Trinajstić information content (AvgIpc) is 3.00. The summed E-state index contributed by atoms with van der Waals surface area (Å²) in [5.41, 5.74) is 0.763. The molecule has 2 fully saturated rings. The lowest BCUT2D eigenvalue weighted by Crippen LogP contribution is -2.64. The summed E-state index contributed by atoms with van der Waals surface area (Å²) in [7, 11) is -3.47. The van der Waals surface area contributed by atoms with Crippen molar-refractivity contribution >= 4 is 26.9 Å². The number of nitrogens with one attached hydrogen (secondary N) is 1. The largest absolute Gasteiger partial charge is 0.451 e. The first-order valence-electron chi connectivity index (χ1n) is 10.5. The van der Waals surface area contributed by atoms with E-state index in [9.17, 15) is 18.3 Å². The van der Waals surface area contributed by atoms with Gasteiger partial charge in [0.05, 0.1) is 24.5 Å². The van der Waals surface area contributed by atoms with Crippen molar-refractivity contribution in [3.63, 3.8) is 0 Å². The van der Waals surface area contributed by atoms with Crippen molar-refractivity contribution in [2.75, 3.05) is 26.0 Å². The predicted octanol–water partition coefficient (Wildman–Crippen LogP) is 2.11. The number of sulfonamides is 1. The van der Waals surface area contributed by atoms with Gasteiger partial charge in [-0.2, -0.15) is 0 Å². The smallest absolute Gasteiger partial charge is 0.289 e. The van der Waals surface area contributed by atoms with Crippen LogP contribution in [-0.4, -0.2) is 67.5 Å². The maximum absolute atomic E-state index is 13.2. The van der Waals surface area contributed by atoms with E-state index in [1.165, 1.54) is 0 Å². The highest BCUT2D eigenvalue weighted by atomic mass is 32.2. The number of nitrogens with zero attached hydrogens (tertiary/aromatic N) is 1. The summed E-state index contributed by atoms with van der Waals surface area (Å²) >= 11 is 0. The predicted molar refractivity (Wildman–Crippen MR) is 117 cm³/mol. The molecule has 0 saturated carbocycles. The second-order valence-electron chi connectivity index (χ2n) is 9.32. The SMILES string of the molecule is Cc1ccc2c(C)c(C(=O)N3CCC4(CC3)C[C@H](NS(C)(=O)=O)[C@@](C)(O)CO4)oc2c1. The van der Waals surface area contributed by atoms with Crippen LogP contribution in [-0.2, 0) is 14.8 Å². The minimum Gasteiger partial charge on any atom is -0.451 e. The van der Waals surface area contributed by atoms with Crippen LogP contribution in [0.4, 0.5) is 0 Å². The van der Waals surface area contributed by atoms with Crippen LogP contribution in [0.5, 0.6) is 0 Å². The van der Waals surface area contributed by atoms with Crippen LogP contribution in [0.2, 0.25) is 0 Å². The third-order valence-corrected chi connectivity index (χ3v) is 7.32. The Morgan fingerprint density at radius 1 is 1.26 bits per heavy atom. The van der Waals surface area contributed by atoms with Crippen molar-refractivity contribution in [2.45, 2.75) is 57.3 Å². The number of likely N-dealkylation sites (tertiary alicyclic amines) is 1. The third-order valence-electron chi connectivity index (χ3n) is 6.60. The van der Waals surface area contributed by atoms with E-state index >= 15 is 0 Å². The summed E-state index contributed by atoms with van der Waals surface area (Å²) in [6.07, 6.45) is 2.58. The average molecular weight is 451 g/mol. The molecule has 0 bridgehead atoms. The minimum atomic E-state index is -3.47. The molecule has 2 saturated heterocycles. The van der Waals surface area contributed by atoms with Gasteiger partial charge in [-0.1, -0.05) is 12.1 Å². The summed E-state index contributed by atoms with van der Waals surface area (Å²) in [6, 6.07) is 5.27. The van der Waals surface area contributed by atoms with Gasteiger partial charge in [-0.25, -0.2) is 13.1 Å². The molecule has 31 heavy (non-hydrogen) atoms. The van der Waals surface area contributed by atoms with E-state index in [0.717, 1.165) is 22.8 Å². The number of rotatable bonds is 3. The molecule has 170 valence electrons. The molecule has 9 heteroatoms. The third kappa shape index (κ3) is 4.37. The number of aryl methyl sites for hydroxylation is 2. The molecule has 1 spiro atoms. The second-order valence-corrected chi connectivity index (χ2v) is 11.1. The molecule has 3 heterocycles. The molecule has 1 aromatic heterocycles. The first-order chi connectivity index (χ1) is 14.4. The number of carbonyl (C=O) groups excluding carboxylic acids is 1. The van der Waals surface area contributed by atoms with Gasteiger partial charge in [-0.3, -0.25) is 4.79 Å². The molecule has 2 aliphatic heterocycles. The van der Waals surface area contributed by atoms with Gasteiger partial charge in [-0.15, -0.1) is 0 Å². The number of aliphatic hydroxyl groups is 1. The first-order valence-corrected chi connectivity index (χ1v) is 12.4. The molecule has 1 amide bonds. The maximum atomic E-state index is 13.2. The van der Waals surface area contributed by atoms with Crippen LogP contribution in [0.3, 0.4) is 0 Å². The van der Waals surface area contributed by atoms with Crippen molar-refractivity contribution in [1.82, 2.24) is 9.62 Å². The van der Waals surface area contributed by atoms with Crippen molar-refractivity contribution in [1.29, 1.82) is 0 Å². The number of furan rings is 1. The van der Waals surface area contributed by atoms with Crippen LogP contribution in [0.1, 0.15) is 47.9 Å². The fourth-order valence-electron chi connectivity index (χ4n) is 4.62. The van der Waals surface area contributed by atoms with Gasteiger partial charge in [0.15, 0.2) is 5.76 Å². The van der Waals surface area contributed by atoms with Crippen LogP contribution < -0.4 is 4.72 Å². The van der Waals surface area contributed by atoms with E-state index in [4.69, 9.17) is 9.15 Å². The van der Waals surface area contributed by atoms with Gasteiger partial charge in [0.1, 0.15) is 11.2 Å². The molecule has 2 aliphatic rings. The Morgan fingerprint density at radius 2 is 1.94 bits per heavy atom. The first kappa shape index (κ1) is 22.3. The number of amides is 1. The number of fused-ring (bicyclic) bond motifs is 1. The van der Waals surface area contributed by atoms with Gasteiger partial charge in [-0.05, 0) is 51.7 Å². The Kier molecular flexibility index (Phi) is 5.44. The topological polar surface area (TPSA) is 109 Å². The van der Waals surface area contributed by atoms with Crippen LogP contribution in [0, 0.1) is 13.8 Å². The lowest BCUT2D eigenvalue weighted by Gasteiger charge is -2.50. The fourth-order valence-corrected chi connectivity index (χ4v) is 5.48. The van der Waals surface area contributed by atoms with E-state index in [1.54, 1.807) is 11.8 Å². The van der Waals surface area contributed by atoms with E-state index in [0.29, 0.717) is 43.7 Å². The molecule has 0 aliphatic carbocycles. The molecule has 0 unspecified atom stereocenters. The Balaban J connectivity index is 1.48. The van der Waals surface area contributed by atoms with Crippen molar-refractivity contribution in [3.8, 4) is 0 Å². The van der Waals surface area contributed by atoms with Crippen LogP contribution >= 0.6 is 0 Å². The molecular formula is C22H30N2O6S. The number of piperidine rings is 1. The Bertz CT molecular complexity index is 1110. The maximum Gasteiger partial charge on any atom is 0.289 e. The summed E-state index contributed by atoms with van der Waals surface area (Å²) in [6.45, 7) is 6.44. The van der Waals surface area contributed by atoms with E-state index in [-0.39, 0.29) is 12.5 Å². The molecule has 4 rings (SSSR count). The molecule has 2 N–H and O–H groups in total. The zero-order valence-electron chi connectivity index (χ0n) is 18.4. The van der Waals surface area contributed by atoms with Gasteiger partial charge in [0, 0.05) is 24.0 Å². The lowest BCUT2D eigenvalue weighted by molar-refractivity contribution is -0.187. The zero-order valence-corrected chi connectivity index (χ0v) is 19.2. The molecule has 8 nitrogen and oxygen atoms in total. The van der Waals surface area contributed by atoms with E-state index < -0.39 is 27.3 Å². The number of ether oxygens (including phenoxy) is 1. The highest BCUT2D eigenvalue weighted by Crippen LogP contribution is 2.39. The van der Waals surface area contributed by atoms with Crippen molar-refractivity contribution < 1.29 is 27.5 Å². The van der Waals surface area contributed by atoms with Crippen molar-refractivity contribution in [3.05, 3.63) is 35.1 Å². The summed E-state index contributed by atoms with van der Waals surface area (Å²) in [5, 5.41) is 11.5. The van der Waals surface area contributed by atoms with Crippen LogP contribution in [0.15, 0.2) is 22.6 Å². The van der Waals surface area contributed by atoms with Gasteiger partial charge < -0.3 is 19.2 Å². The quantitative estimate of drug-likeness (QED) is 0.741. The Hall–Kier alpha value is -1.94.